The van der Waals surface area contributed by atoms with Crippen LogP contribution in [0.4, 0.5) is 11.6 Å². The first-order valence-corrected chi connectivity index (χ1v) is 6.92. The number of nitrogens with zero attached hydrogens (tertiary/aromatic N) is 3. The van der Waals surface area contributed by atoms with Crippen LogP contribution in [0.3, 0.4) is 0 Å². The van der Waals surface area contributed by atoms with E-state index in [4.69, 9.17) is 5.73 Å². The molecule has 0 bridgehead atoms. The van der Waals surface area contributed by atoms with Crippen LogP contribution in [0.2, 0.25) is 0 Å². The van der Waals surface area contributed by atoms with Crippen LogP contribution >= 0.6 is 0 Å². The van der Waals surface area contributed by atoms with Gasteiger partial charge in [-0.2, -0.15) is 0 Å². The van der Waals surface area contributed by atoms with Crippen molar-refractivity contribution in [3.8, 4) is 0 Å². The van der Waals surface area contributed by atoms with E-state index in [1.165, 1.54) is 18.4 Å². The van der Waals surface area contributed by atoms with Crippen molar-refractivity contribution >= 4 is 11.6 Å². The van der Waals surface area contributed by atoms with Crippen molar-refractivity contribution in [3.05, 3.63) is 41.0 Å². The molecule has 0 saturated heterocycles. The second kappa shape index (κ2) is 5.07. The second-order valence-electron chi connectivity index (χ2n) is 5.37. The molecule has 0 atom stereocenters. The van der Waals surface area contributed by atoms with Crippen LogP contribution in [0.1, 0.15) is 41.3 Å². The number of anilines is 2. The van der Waals surface area contributed by atoms with Gasteiger partial charge in [-0.05, 0) is 43.9 Å². The zero-order valence-electron chi connectivity index (χ0n) is 11.8. The normalized spacial score (nSPS) is 14.3. The van der Waals surface area contributed by atoms with E-state index >= 15 is 0 Å². The van der Waals surface area contributed by atoms with Gasteiger partial charge < -0.3 is 11.1 Å². The number of nitrogen functional groups attached to an aromatic ring is 1. The van der Waals surface area contributed by atoms with Gasteiger partial charge in [0.15, 0.2) is 0 Å². The lowest BCUT2D eigenvalue weighted by Gasteiger charge is -2.12. The van der Waals surface area contributed by atoms with Crippen molar-refractivity contribution in [1.82, 2.24) is 15.0 Å². The van der Waals surface area contributed by atoms with Crippen LogP contribution in [0, 0.1) is 13.8 Å². The summed E-state index contributed by atoms with van der Waals surface area (Å²) in [6.07, 6.45) is 6.02. The number of hydrogen-bond donors (Lipinski definition) is 2. The van der Waals surface area contributed by atoms with Crippen LogP contribution in [0.15, 0.2) is 18.5 Å². The minimum atomic E-state index is 0.499. The highest BCUT2D eigenvalue weighted by Gasteiger charge is 2.27. The van der Waals surface area contributed by atoms with Gasteiger partial charge in [0.05, 0.1) is 0 Å². The first-order chi connectivity index (χ1) is 9.65. The lowest BCUT2D eigenvalue weighted by Crippen LogP contribution is -2.10. The lowest BCUT2D eigenvalue weighted by atomic mass is 10.1. The van der Waals surface area contributed by atoms with E-state index in [2.05, 4.69) is 27.2 Å². The highest BCUT2D eigenvalue weighted by molar-refractivity contribution is 5.55. The van der Waals surface area contributed by atoms with Gasteiger partial charge in [0.25, 0.3) is 0 Å². The molecule has 0 unspecified atom stereocenters. The quantitative estimate of drug-likeness (QED) is 0.892. The Hall–Kier alpha value is -2.17. The fourth-order valence-corrected chi connectivity index (χ4v) is 2.11. The topological polar surface area (TPSA) is 76.7 Å². The number of hydrogen-bond acceptors (Lipinski definition) is 5. The Kier molecular flexibility index (Phi) is 3.26. The first kappa shape index (κ1) is 12.8. The van der Waals surface area contributed by atoms with E-state index < -0.39 is 0 Å². The molecular weight excluding hydrogens is 250 g/mol. The Morgan fingerprint density at radius 1 is 1.30 bits per heavy atom. The molecule has 20 heavy (non-hydrogen) atoms. The number of nitrogens with two attached hydrogens (primary N) is 1. The molecule has 0 aliphatic heterocycles. The van der Waals surface area contributed by atoms with Gasteiger partial charge in [-0.1, -0.05) is 0 Å². The third-order valence-electron chi connectivity index (χ3n) is 3.74. The van der Waals surface area contributed by atoms with Crippen LogP contribution < -0.4 is 11.1 Å². The number of nitrogens with one attached hydrogen (secondary N) is 1. The van der Waals surface area contributed by atoms with Gasteiger partial charge in [0.2, 0.25) is 0 Å². The smallest absolute Gasteiger partial charge is 0.136 e. The van der Waals surface area contributed by atoms with Crippen LogP contribution in [-0.2, 0) is 6.54 Å². The van der Waals surface area contributed by atoms with Crippen molar-refractivity contribution in [2.24, 2.45) is 0 Å². The molecule has 1 saturated carbocycles. The van der Waals surface area contributed by atoms with E-state index in [-0.39, 0.29) is 0 Å². The van der Waals surface area contributed by atoms with E-state index in [0.29, 0.717) is 18.3 Å². The summed E-state index contributed by atoms with van der Waals surface area (Å²) in [7, 11) is 0. The Bertz CT molecular complexity index is 634. The van der Waals surface area contributed by atoms with E-state index in [1.807, 2.05) is 19.2 Å². The summed E-state index contributed by atoms with van der Waals surface area (Å²) >= 11 is 0. The van der Waals surface area contributed by atoms with Gasteiger partial charge in [0.1, 0.15) is 17.5 Å². The summed E-state index contributed by atoms with van der Waals surface area (Å²) in [6, 6.07) is 2.01. The molecule has 5 nitrogen and oxygen atoms in total. The Labute approximate surface area is 118 Å². The SMILES string of the molecule is Cc1ccncc1CNc1nc(C2CC2)nc(N)c1C. The zero-order chi connectivity index (χ0) is 14.1. The number of rotatable bonds is 4. The summed E-state index contributed by atoms with van der Waals surface area (Å²) in [4.78, 5) is 13.2. The fraction of sp³-hybridized carbons (Fsp3) is 0.400. The van der Waals surface area contributed by atoms with Crippen LogP contribution in [0.25, 0.3) is 0 Å². The summed E-state index contributed by atoms with van der Waals surface area (Å²) in [5, 5.41) is 3.36. The predicted octanol–water partition coefficient (Wildman–Crippen LogP) is 2.56. The largest absolute Gasteiger partial charge is 0.383 e. The predicted molar refractivity (Wildman–Crippen MR) is 79.5 cm³/mol. The lowest BCUT2D eigenvalue weighted by molar-refractivity contribution is 0.915. The van der Waals surface area contributed by atoms with Gasteiger partial charge in [0, 0.05) is 30.4 Å². The Morgan fingerprint density at radius 2 is 2.10 bits per heavy atom. The zero-order valence-corrected chi connectivity index (χ0v) is 11.8. The maximum absolute atomic E-state index is 5.98. The van der Waals surface area contributed by atoms with E-state index in [1.54, 1.807) is 6.20 Å². The molecule has 1 aliphatic carbocycles. The summed E-state index contributed by atoms with van der Waals surface area (Å²) in [5.41, 5.74) is 9.28. The molecule has 0 radical (unpaired) electrons. The maximum Gasteiger partial charge on any atom is 0.136 e. The molecule has 104 valence electrons. The maximum atomic E-state index is 5.98. The van der Waals surface area contributed by atoms with Gasteiger partial charge in [-0.25, -0.2) is 9.97 Å². The monoisotopic (exact) mass is 269 g/mol. The summed E-state index contributed by atoms with van der Waals surface area (Å²) in [6.45, 7) is 4.72. The van der Waals surface area contributed by atoms with Crippen molar-refractivity contribution in [2.75, 3.05) is 11.1 Å². The molecule has 0 aromatic carbocycles. The first-order valence-electron chi connectivity index (χ1n) is 6.92. The average molecular weight is 269 g/mol. The molecular formula is C15H19N5. The second-order valence-corrected chi connectivity index (χ2v) is 5.37. The highest BCUT2D eigenvalue weighted by Crippen LogP contribution is 2.39. The van der Waals surface area contributed by atoms with Crippen molar-refractivity contribution in [2.45, 2.75) is 39.2 Å². The summed E-state index contributed by atoms with van der Waals surface area (Å²) < 4.78 is 0. The standard InChI is InChI=1S/C15H19N5/c1-9-5-6-17-7-12(9)8-18-14-10(2)13(16)19-15(20-14)11-3-4-11/h5-7,11H,3-4,8H2,1-2H3,(H3,16,18,19,20). The molecule has 0 amide bonds. The molecule has 2 aromatic heterocycles. The fourth-order valence-electron chi connectivity index (χ4n) is 2.11. The molecule has 1 fully saturated rings. The Morgan fingerprint density at radius 3 is 2.80 bits per heavy atom. The molecule has 1 aliphatic rings. The number of aryl methyl sites for hydroxylation is 1. The van der Waals surface area contributed by atoms with E-state index in [0.717, 1.165) is 22.8 Å². The molecule has 2 heterocycles. The number of aromatic nitrogens is 3. The minimum Gasteiger partial charge on any atom is -0.383 e. The highest BCUT2D eigenvalue weighted by atomic mass is 15.1. The molecule has 2 aromatic rings. The van der Waals surface area contributed by atoms with Crippen molar-refractivity contribution in [1.29, 1.82) is 0 Å². The molecule has 0 spiro atoms. The van der Waals surface area contributed by atoms with Crippen molar-refractivity contribution < 1.29 is 0 Å². The van der Waals surface area contributed by atoms with E-state index in [9.17, 15) is 0 Å². The van der Waals surface area contributed by atoms with Crippen LogP contribution in [0.5, 0.6) is 0 Å². The van der Waals surface area contributed by atoms with Gasteiger partial charge in [-0.3, -0.25) is 4.98 Å². The van der Waals surface area contributed by atoms with Gasteiger partial charge >= 0.3 is 0 Å². The molecule has 3 rings (SSSR count). The van der Waals surface area contributed by atoms with Crippen LogP contribution in [-0.4, -0.2) is 15.0 Å². The average Bonchev–Trinajstić information content (AvgIpc) is 3.26. The number of pyridine rings is 1. The summed E-state index contributed by atoms with van der Waals surface area (Å²) in [5.74, 6) is 2.78. The van der Waals surface area contributed by atoms with Crippen molar-refractivity contribution in [3.63, 3.8) is 0 Å². The third-order valence-corrected chi connectivity index (χ3v) is 3.74. The minimum absolute atomic E-state index is 0.499. The molecule has 3 N–H and O–H groups in total. The third kappa shape index (κ3) is 2.57. The Balaban J connectivity index is 1.81. The van der Waals surface area contributed by atoms with Gasteiger partial charge in [-0.15, -0.1) is 0 Å². The molecule has 5 heteroatoms.